The van der Waals surface area contributed by atoms with Gasteiger partial charge >= 0.3 is 0 Å². The molecular weight excluding hydrogens is 384 g/mol. The van der Waals surface area contributed by atoms with E-state index >= 15 is 0 Å². The molecule has 0 saturated carbocycles. The van der Waals surface area contributed by atoms with Crippen LogP contribution < -0.4 is 5.56 Å². The van der Waals surface area contributed by atoms with Crippen molar-refractivity contribution >= 4 is 22.6 Å². The third-order valence-corrected chi connectivity index (χ3v) is 4.64. The minimum Gasteiger partial charge on any atom is -0.386 e. The molecule has 0 fully saturated rings. The summed E-state index contributed by atoms with van der Waals surface area (Å²) in [7, 11) is 1.74. The molecule has 3 aromatic heterocycles. The lowest BCUT2D eigenvalue weighted by Crippen LogP contribution is -2.22. The van der Waals surface area contributed by atoms with E-state index in [1.54, 1.807) is 42.9 Å². The summed E-state index contributed by atoms with van der Waals surface area (Å²) in [5.74, 6) is 0.341. The average Bonchev–Trinajstić information content (AvgIpc) is 3.22. The fraction of sp³-hybridized carbons (Fsp3) is 0.294. The van der Waals surface area contributed by atoms with Crippen molar-refractivity contribution in [3.8, 4) is 0 Å². The number of aromatic nitrogens is 8. The first-order chi connectivity index (χ1) is 13.4. The summed E-state index contributed by atoms with van der Waals surface area (Å²) in [6.07, 6.45) is 0.632. The number of tetrazole rings is 1. The highest BCUT2D eigenvalue weighted by atomic mass is 35.5. The largest absolute Gasteiger partial charge is 0.386 e. The molecule has 28 heavy (non-hydrogen) atoms. The van der Waals surface area contributed by atoms with Crippen molar-refractivity contribution in [2.45, 2.75) is 26.1 Å². The van der Waals surface area contributed by atoms with Gasteiger partial charge in [0.2, 0.25) is 0 Å². The number of fused-ring (bicyclic) bond motifs is 1. The third kappa shape index (κ3) is 3.39. The Morgan fingerprint density at radius 2 is 1.96 bits per heavy atom. The molecule has 0 aliphatic heterocycles. The summed E-state index contributed by atoms with van der Waals surface area (Å²) in [5, 5.41) is 27.7. The summed E-state index contributed by atoms with van der Waals surface area (Å²) in [5.41, 5.74) is 1.63. The number of aliphatic hydroxyl groups excluding tert-OH is 1. The fourth-order valence-electron chi connectivity index (χ4n) is 2.99. The Morgan fingerprint density at radius 1 is 1.21 bits per heavy atom. The summed E-state index contributed by atoms with van der Waals surface area (Å²) in [4.78, 5) is 18.3. The Morgan fingerprint density at radius 3 is 2.71 bits per heavy atom. The zero-order valence-electron chi connectivity index (χ0n) is 15.2. The van der Waals surface area contributed by atoms with E-state index in [9.17, 15) is 9.90 Å². The van der Waals surface area contributed by atoms with E-state index in [1.165, 1.54) is 15.7 Å². The first-order valence-corrected chi connectivity index (χ1v) is 8.89. The predicted molar refractivity (Wildman–Crippen MR) is 101 cm³/mol. The molecule has 1 N–H and O–H groups in total. The first-order valence-electron chi connectivity index (χ1n) is 8.51. The highest BCUT2D eigenvalue weighted by molar-refractivity contribution is 6.30. The number of rotatable bonds is 5. The fourth-order valence-corrected chi connectivity index (χ4v) is 3.12. The zero-order valence-corrected chi connectivity index (χ0v) is 15.9. The third-order valence-electron chi connectivity index (χ3n) is 4.38. The van der Waals surface area contributed by atoms with E-state index in [1.807, 2.05) is 0 Å². The smallest absolute Gasteiger partial charge is 0.265 e. The van der Waals surface area contributed by atoms with Crippen LogP contribution in [0.5, 0.6) is 0 Å². The monoisotopic (exact) mass is 400 g/mol. The Hall–Kier alpha value is -3.11. The maximum Gasteiger partial charge on any atom is 0.265 e. The lowest BCUT2D eigenvalue weighted by molar-refractivity contribution is 0.144. The van der Waals surface area contributed by atoms with Crippen molar-refractivity contribution in [1.82, 2.24) is 39.5 Å². The molecule has 0 bridgehead atoms. The number of aliphatic hydroxyl groups is 1. The van der Waals surface area contributed by atoms with Crippen LogP contribution in [0.15, 0.2) is 35.4 Å². The molecule has 1 aromatic carbocycles. The molecule has 4 rings (SSSR count). The number of hydrogen-bond donors (Lipinski definition) is 1. The molecule has 0 spiro atoms. The number of benzene rings is 1. The minimum atomic E-state index is -0.807. The second kappa shape index (κ2) is 7.13. The van der Waals surface area contributed by atoms with Crippen LogP contribution in [0.25, 0.3) is 11.0 Å². The Balaban J connectivity index is 1.53. The molecular formula is C17H17ClN8O2. The van der Waals surface area contributed by atoms with Gasteiger partial charge in [-0.15, -0.1) is 10.2 Å². The highest BCUT2D eigenvalue weighted by Gasteiger charge is 2.15. The van der Waals surface area contributed by atoms with E-state index in [0.717, 1.165) is 0 Å². The lowest BCUT2D eigenvalue weighted by atomic mass is 10.1. The Bertz CT molecular complexity index is 1190. The molecule has 0 aliphatic carbocycles. The van der Waals surface area contributed by atoms with Gasteiger partial charge in [-0.1, -0.05) is 23.7 Å². The van der Waals surface area contributed by atoms with E-state index in [4.69, 9.17) is 11.6 Å². The van der Waals surface area contributed by atoms with Crippen LogP contribution in [0.2, 0.25) is 5.02 Å². The zero-order chi connectivity index (χ0) is 19.8. The van der Waals surface area contributed by atoms with Crippen molar-refractivity contribution in [1.29, 1.82) is 0 Å². The number of halogens is 1. The predicted octanol–water partition coefficient (Wildman–Crippen LogP) is 0.860. The maximum absolute atomic E-state index is 12.7. The molecule has 0 amide bonds. The molecule has 1 atom stereocenters. The number of nitrogens with zero attached hydrogens (tertiary/aromatic N) is 8. The van der Waals surface area contributed by atoms with Gasteiger partial charge in [0.05, 0.1) is 18.8 Å². The quantitative estimate of drug-likeness (QED) is 0.528. The normalized spacial score (nSPS) is 12.6. The molecule has 0 radical (unpaired) electrons. The van der Waals surface area contributed by atoms with Gasteiger partial charge in [-0.05, 0) is 29.8 Å². The van der Waals surface area contributed by atoms with Gasteiger partial charge in [0, 0.05) is 12.1 Å². The van der Waals surface area contributed by atoms with Crippen molar-refractivity contribution in [3.63, 3.8) is 0 Å². The van der Waals surface area contributed by atoms with Crippen LogP contribution in [-0.2, 0) is 20.1 Å². The Kier molecular flexibility index (Phi) is 4.65. The molecule has 3 heterocycles. The molecule has 0 aliphatic rings. The molecule has 144 valence electrons. The molecule has 10 nitrogen and oxygen atoms in total. The summed E-state index contributed by atoms with van der Waals surface area (Å²) in [6.45, 7) is 2.01. The van der Waals surface area contributed by atoms with Crippen molar-refractivity contribution < 1.29 is 5.11 Å². The molecule has 0 saturated heterocycles. The standard InChI is InChI=1S/C17H17ClN8O2/c1-10-15-16(24(2)21-10)19-9-25(17(15)28)8-14-20-23-26(22-14)7-13(27)11-3-5-12(18)6-4-11/h3-6,9,13,27H,7-8H2,1-2H3/t13-/m0/s1. The molecule has 4 aromatic rings. The van der Waals surface area contributed by atoms with Crippen LogP contribution in [0.3, 0.4) is 0 Å². The van der Waals surface area contributed by atoms with Gasteiger partial charge in [-0.2, -0.15) is 9.90 Å². The van der Waals surface area contributed by atoms with Crippen molar-refractivity contribution in [2.24, 2.45) is 7.05 Å². The van der Waals surface area contributed by atoms with Crippen LogP contribution in [0, 0.1) is 6.92 Å². The van der Waals surface area contributed by atoms with Gasteiger partial charge < -0.3 is 5.11 Å². The second-order valence-corrected chi connectivity index (χ2v) is 6.85. The van der Waals surface area contributed by atoms with Gasteiger partial charge in [-0.25, -0.2) is 9.67 Å². The first kappa shape index (κ1) is 18.3. The SMILES string of the molecule is Cc1nn(C)c2ncn(Cc3nnn(C[C@H](O)c4ccc(Cl)cc4)n3)c(=O)c12. The van der Waals surface area contributed by atoms with Crippen molar-refractivity contribution in [2.75, 3.05) is 0 Å². The van der Waals surface area contributed by atoms with E-state index < -0.39 is 6.10 Å². The van der Waals surface area contributed by atoms with Gasteiger partial charge in [0.1, 0.15) is 17.8 Å². The molecule has 0 unspecified atom stereocenters. The summed E-state index contributed by atoms with van der Waals surface area (Å²) in [6, 6.07) is 6.88. The minimum absolute atomic E-state index is 0.118. The van der Waals surface area contributed by atoms with Crippen LogP contribution in [0.4, 0.5) is 0 Å². The van der Waals surface area contributed by atoms with Crippen LogP contribution >= 0.6 is 11.6 Å². The van der Waals surface area contributed by atoms with E-state index in [-0.39, 0.29) is 18.6 Å². The highest BCUT2D eigenvalue weighted by Crippen LogP contribution is 2.17. The average molecular weight is 401 g/mol. The van der Waals surface area contributed by atoms with Gasteiger partial charge in [0.15, 0.2) is 11.5 Å². The lowest BCUT2D eigenvalue weighted by Gasteiger charge is -2.09. The number of hydrogen-bond acceptors (Lipinski definition) is 7. The van der Waals surface area contributed by atoms with Crippen LogP contribution in [0.1, 0.15) is 23.2 Å². The topological polar surface area (TPSA) is 117 Å². The molecule has 11 heteroatoms. The van der Waals surface area contributed by atoms with Gasteiger partial charge in [0.25, 0.3) is 5.56 Å². The maximum atomic E-state index is 12.7. The van der Waals surface area contributed by atoms with Crippen molar-refractivity contribution in [3.05, 3.63) is 63.1 Å². The Labute approximate surface area is 164 Å². The summed E-state index contributed by atoms with van der Waals surface area (Å²) < 4.78 is 2.98. The van der Waals surface area contributed by atoms with Crippen LogP contribution in [-0.4, -0.2) is 44.6 Å². The van der Waals surface area contributed by atoms with E-state index in [0.29, 0.717) is 33.1 Å². The van der Waals surface area contributed by atoms with Gasteiger partial charge in [-0.3, -0.25) is 9.36 Å². The van der Waals surface area contributed by atoms with E-state index in [2.05, 4.69) is 25.5 Å². The number of aryl methyl sites for hydroxylation is 2. The summed E-state index contributed by atoms with van der Waals surface area (Å²) >= 11 is 5.86. The second-order valence-electron chi connectivity index (χ2n) is 6.41.